The Morgan fingerprint density at radius 3 is 2.72 bits per heavy atom. The summed E-state index contributed by atoms with van der Waals surface area (Å²) in [5, 5.41) is 2.61. The molecular weight excluding hydrogens is 246 g/mol. The molecule has 1 aromatic rings. The first-order valence-corrected chi connectivity index (χ1v) is 6.74. The molecule has 0 aliphatic carbocycles. The van der Waals surface area contributed by atoms with E-state index in [4.69, 9.17) is 4.74 Å². The number of benzene rings is 1. The minimum atomic E-state index is -0.283. The topological polar surface area (TPSA) is 38.3 Å². The zero-order valence-corrected chi connectivity index (χ0v) is 11.7. The second-order valence-electron chi connectivity index (χ2n) is 4.20. The molecule has 1 aromatic carbocycles. The van der Waals surface area contributed by atoms with Crippen LogP contribution in [-0.2, 0) is 16.0 Å². The van der Waals surface area contributed by atoms with Crippen LogP contribution in [0.3, 0.4) is 0 Å². The van der Waals surface area contributed by atoms with Crippen LogP contribution in [0, 0.1) is 0 Å². The molecule has 1 N–H and O–H groups in total. The molecule has 0 bridgehead atoms. The van der Waals surface area contributed by atoms with Crippen LogP contribution in [0.1, 0.15) is 18.4 Å². The lowest BCUT2D eigenvalue weighted by atomic mass is 10.1. The van der Waals surface area contributed by atoms with Crippen LogP contribution >= 0.6 is 12.6 Å². The van der Waals surface area contributed by atoms with Gasteiger partial charge in [-0.3, -0.25) is 4.79 Å². The van der Waals surface area contributed by atoms with Crippen molar-refractivity contribution in [1.82, 2.24) is 5.32 Å². The Labute approximate surface area is 114 Å². The van der Waals surface area contributed by atoms with Crippen molar-refractivity contribution in [3.8, 4) is 0 Å². The predicted octanol–water partition coefficient (Wildman–Crippen LogP) is 2.07. The number of methoxy groups -OCH3 is 1. The minimum Gasteiger partial charge on any atom is -0.385 e. The van der Waals surface area contributed by atoms with Gasteiger partial charge in [-0.25, -0.2) is 0 Å². The fraction of sp³-hybridized carbons (Fsp3) is 0.500. The zero-order valence-electron chi connectivity index (χ0n) is 10.8. The van der Waals surface area contributed by atoms with Gasteiger partial charge in [0, 0.05) is 20.3 Å². The van der Waals surface area contributed by atoms with Crippen LogP contribution in [0.25, 0.3) is 0 Å². The van der Waals surface area contributed by atoms with Crippen molar-refractivity contribution in [3.63, 3.8) is 0 Å². The lowest BCUT2D eigenvalue weighted by Crippen LogP contribution is -2.33. The summed E-state index contributed by atoms with van der Waals surface area (Å²) in [4.78, 5) is 11.8. The monoisotopic (exact) mass is 267 g/mol. The molecule has 1 unspecified atom stereocenters. The van der Waals surface area contributed by atoms with Gasteiger partial charge in [-0.15, -0.1) is 0 Å². The zero-order chi connectivity index (χ0) is 13.2. The smallest absolute Gasteiger partial charge is 0.233 e. The van der Waals surface area contributed by atoms with Crippen molar-refractivity contribution in [2.45, 2.75) is 24.5 Å². The van der Waals surface area contributed by atoms with E-state index in [1.807, 2.05) is 30.3 Å². The van der Waals surface area contributed by atoms with E-state index < -0.39 is 0 Å². The summed E-state index contributed by atoms with van der Waals surface area (Å²) in [5.74, 6) is -0.000367. The Hall–Kier alpha value is -1.00. The largest absolute Gasteiger partial charge is 0.385 e. The van der Waals surface area contributed by atoms with Crippen molar-refractivity contribution in [3.05, 3.63) is 35.9 Å². The molecule has 0 heterocycles. The third-order valence-corrected chi connectivity index (χ3v) is 3.07. The number of nitrogens with one attached hydrogen (secondary N) is 1. The molecule has 0 aliphatic heterocycles. The van der Waals surface area contributed by atoms with Gasteiger partial charge in [0.15, 0.2) is 0 Å². The molecule has 0 saturated heterocycles. The molecule has 0 saturated carbocycles. The highest BCUT2D eigenvalue weighted by molar-refractivity contribution is 7.81. The molecule has 0 aliphatic rings. The van der Waals surface area contributed by atoms with Gasteiger partial charge in [-0.1, -0.05) is 30.3 Å². The fourth-order valence-corrected chi connectivity index (χ4v) is 1.93. The van der Waals surface area contributed by atoms with Gasteiger partial charge in [-0.2, -0.15) is 12.6 Å². The Morgan fingerprint density at radius 2 is 2.06 bits per heavy atom. The summed E-state index contributed by atoms with van der Waals surface area (Å²) in [6, 6.07) is 9.92. The normalized spacial score (nSPS) is 12.1. The maximum atomic E-state index is 11.8. The van der Waals surface area contributed by atoms with Crippen LogP contribution in [0.15, 0.2) is 30.3 Å². The van der Waals surface area contributed by atoms with Crippen molar-refractivity contribution in [2.24, 2.45) is 0 Å². The van der Waals surface area contributed by atoms with E-state index in [9.17, 15) is 4.79 Å². The van der Waals surface area contributed by atoms with Gasteiger partial charge < -0.3 is 10.1 Å². The van der Waals surface area contributed by atoms with Gasteiger partial charge >= 0.3 is 0 Å². The highest BCUT2D eigenvalue weighted by Gasteiger charge is 2.13. The van der Waals surface area contributed by atoms with Crippen molar-refractivity contribution >= 4 is 18.5 Å². The standard InChI is InChI=1S/C14H21NO2S/c1-17-10-6-5-9-15-14(16)13(18)11-12-7-3-2-4-8-12/h2-4,7-8,13,18H,5-6,9-11H2,1H3,(H,15,16). The van der Waals surface area contributed by atoms with Crippen molar-refractivity contribution in [1.29, 1.82) is 0 Å². The number of carbonyl (C=O) groups excluding carboxylic acids is 1. The highest BCUT2D eigenvalue weighted by atomic mass is 32.1. The number of hydrogen-bond acceptors (Lipinski definition) is 3. The maximum Gasteiger partial charge on any atom is 0.233 e. The average molecular weight is 267 g/mol. The molecular formula is C14H21NO2S. The molecule has 1 amide bonds. The van der Waals surface area contributed by atoms with E-state index >= 15 is 0 Å². The Morgan fingerprint density at radius 1 is 1.33 bits per heavy atom. The summed E-state index contributed by atoms with van der Waals surface area (Å²) < 4.78 is 4.95. The molecule has 18 heavy (non-hydrogen) atoms. The summed E-state index contributed by atoms with van der Waals surface area (Å²) in [7, 11) is 1.68. The highest BCUT2D eigenvalue weighted by Crippen LogP contribution is 2.07. The molecule has 0 spiro atoms. The van der Waals surface area contributed by atoms with Crippen molar-refractivity contribution in [2.75, 3.05) is 20.3 Å². The van der Waals surface area contributed by atoms with E-state index in [1.165, 1.54) is 0 Å². The Kier molecular flexibility index (Phi) is 7.53. The molecule has 0 fully saturated rings. The third-order valence-electron chi connectivity index (χ3n) is 2.65. The summed E-state index contributed by atoms with van der Waals surface area (Å²) in [6.45, 7) is 1.43. The van der Waals surface area contributed by atoms with Gasteiger partial charge in [0.05, 0.1) is 5.25 Å². The first-order valence-electron chi connectivity index (χ1n) is 6.22. The second kappa shape index (κ2) is 9.00. The van der Waals surface area contributed by atoms with Gasteiger partial charge in [-0.05, 0) is 24.8 Å². The lowest BCUT2D eigenvalue weighted by molar-refractivity contribution is -0.120. The van der Waals surface area contributed by atoms with E-state index in [0.717, 1.165) is 25.0 Å². The average Bonchev–Trinajstić information content (AvgIpc) is 2.39. The summed E-state index contributed by atoms with van der Waals surface area (Å²) in [5.41, 5.74) is 1.13. The van der Waals surface area contributed by atoms with Crippen LogP contribution in [0.4, 0.5) is 0 Å². The van der Waals surface area contributed by atoms with E-state index in [0.29, 0.717) is 13.0 Å². The van der Waals surface area contributed by atoms with E-state index in [2.05, 4.69) is 17.9 Å². The Balaban J connectivity index is 2.21. The molecule has 4 heteroatoms. The number of hydrogen-bond donors (Lipinski definition) is 2. The fourth-order valence-electron chi connectivity index (χ4n) is 1.63. The number of ether oxygens (including phenoxy) is 1. The van der Waals surface area contributed by atoms with Crippen molar-refractivity contribution < 1.29 is 9.53 Å². The van der Waals surface area contributed by atoms with Gasteiger partial charge in [0.1, 0.15) is 0 Å². The Bertz CT molecular complexity index is 343. The second-order valence-corrected chi connectivity index (χ2v) is 4.82. The van der Waals surface area contributed by atoms with E-state index in [1.54, 1.807) is 7.11 Å². The molecule has 100 valence electrons. The SMILES string of the molecule is COCCCCNC(=O)C(S)Cc1ccccc1. The maximum absolute atomic E-state index is 11.8. The van der Waals surface area contributed by atoms with Crippen LogP contribution < -0.4 is 5.32 Å². The number of thiol groups is 1. The quantitative estimate of drug-likeness (QED) is 0.559. The van der Waals surface area contributed by atoms with Crippen LogP contribution in [0.5, 0.6) is 0 Å². The van der Waals surface area contributed by atoms with Crippen LogP contribution in [0.2, 0.25) is 0 Å². The molecule has 1 rings (SSSR count). The first kappa shape index (κ1) is 15.1. The number of amides is 1. The van der Waals surface area contributed by atoms with Gasteiger partial charge in [0.25, 0.3) is 0 Å². The number of unbranched alkanes of at least 4 members (excludes halogenated alkanes) is 1. The number of rotatable bonds is 8. The molecule has 1 atom stereocenters. The minimum absolute atomic E-state index is 0.000367. The third kappa shape index (κ3) is 6.07. The number of carbonyl (C=O) groups is 1. The summed E-state index contributed by atoms with van der Waals surface area (Å²) in [6.07, 6.45) is 2.56. The molecule has 0 radical (unpaired) electrons. The predicted molar refractivity (Wildman–Crippen MR) is 77.0 cm³/mol. The summed E-state index contributed by atoms with van der Waals surface area (Å²) >= 11 is 4.34. The first-order chi connectivity index (χ1) is 8.74. The molecule has 0 aromatic heterocycles. The van der Waals surface area contributed by atoms with Gasteiger partial charge in [0.2, 0.25) is 5.91 Å². The lowest BCUT2D eigenvalue weighted by Gasteiger charge is -2.11. The molecule has 3 nitrogen and oxygen atoms in total. The van der Waals surface area contributed by atoms with E-state index in [-0.39, 0.29) is 11.2 Å². The van der Waals surface area contributed by atoms with Crippen LogP contribution in [-0.4, -0.2) is 31.4 Å².